The molecule has 0 N–H and O–H groups in total. The van der Waals surface area contributed by atoms with Gasteiger partial charge in [0.05, 0.1) is 0 Å². The summed E-state index contributed by atoms with van der Waals surface area (Å²) in [5.41, 5.74) is 2.79. The van der Waals surface area contributed by atoms with Gasteiger partial charge in [0.25, 0.3) is 5.91 Å². The zero-order chi connectivity index (χ0) is 22.7. The van der Waals surface area contributed by atoms with Crippen molar-refractivity contribution in [1.82, 2.24) is 4.90 Å². The minimum Gasteiger partial charge on any atom is -0.334 e. The molecular formula is C27H31NO3. The van der Waals surface area contributed by atoms with Gasteiger partial charge in [-0.3, -0.25) is 14.4 Å². The van der Waals surface area contributed by atoms with Gasteiger partial charge in [0.15, 0.2) is 11.6 Å². The third-order valence-electron chi connectivity index (χ3n) is 5.77. The van der Waals surface area contributed by atoms with Crippen LogP contribution in [0.3, 0.4) is 0 Å². The van der Waals surface area contributed by atoms with Crippen LogP contribution in [0.2, 0.25) is 0 Å². The lowest BCUT2D eigenvalue weighted by Gasteiger charge is -2.32. The van der Waals surface area contributed by atoms with Crippen LogP contribution in [0.4, 0.5) is 0 Å². The SMILES string of the molecule is CCCCC1=C(c2ccccc2C(=O)N(C(C)C)C(C)C)C(=O)c2ccccc2C1=O. The Kier molecular flexibility index (Phi) is 6.89. The number of nitrogens with zero attached hydrogens (tertiary/aromatic N) is 1. The molecule has 0 heterocycles. The summed E-state index contributed by atoms with van der Waals surface area (Å²) >= 11 is 0. The number of unbranched alkanes of at least 4 members (excludes halogenated alkanes) is 1. The van der Waals surface area contributed by atoms with Crippen LogP contribution < -0.4 is 0 Å². The lowest BCUT2D eigenvalue weighted by Crippen LogP contribution is -2.42. The van der Waals surface area contributed by atoms with Crippen LogP contribution >= 0.6 is 0 Å². The van der Waals surface area contributed by atoms with Crippen molar-refractivity contribution >= 4 is 23.0 Å². The molecule has 0 aliphatic heterocycles. The molecule has 0 bridgehead atoms. The molecule has 1 amide bonds. The van der Waals surface area contributed by atoms with Gasteiger partial charge in [-0.05, 0) is 52.2 Å². The average Bonchev–Trinajstić information content (AvgIpc) is 2.74. The Morgan fingerprint density at radius 3 is 1.87 bits per heavy atom. The molecule has 162 valence electrons. The van der Waals surface area contributed by atoms with Crippen LogP contribution in [0.25, 0.3) is 5.57 Å². The van der Waals surface area contributed by atoms with Crippen molar-refractivity contribution in [2.45, 2.75) is 66.0 Å². The molecule has 0 saturated heterocycles. The fourth-order valence-corrected chi connectivity index (χ4v) is 4.40. The lowest BCUT2D eigenvalue weighted by atomic mass is 9.78. The topological polar surface area (TPSA) is 54.5 Å². The second-order valence-corrected chi connectivity index (χ2v) is 8.61. The van der Waals surface area contributed by atoms with Gasteiger partial charge in [-0.25, -0.2) is 0 Å². The Morgan fingerprint density at radius 1 is 0.806 bits per heavy atom. The Bertz CT molecular complexity index is 1040. The van der Waals surface area contributed by atoms with Gasteiger partial charge in [0.1, 0.15) is 0 Å². The molecule has 31 heavy (non-hydrogen) atoms. The molecule has 3 rings (SSSR count). The first-order valence-corrected chi connectivity index (χ1v) is 11.1. The van der Waals surface area contributed by atoms with Gasteiger partial charge in [0.2, 0.25) is 0 Å². The van der Waals surface area contributed by atoms with E-state index >= 15 is 0 Å². The summed E-state index contributed by atoms with van der Waals surface area (Å²) < 4.78 is 0. The minimum absolute atomic E-state index is 0.0125. The molecule has 0 saturated carbocycles. The summed E-state index contributed by atoms with van der Waals surface area (Å²) in [5.74, 6) is -0.408. The summed E-state index contributed by atoms with van der Waals surface area (Å²) in [4.78, 5) is 42.4. The van der Waals surface area contributed by atoms with Crippen molar-refractivity contribution in [2.75, 3.05) is 0 Å². The zero-order valence-electron chi connectivity index (χ0n) is 19.1. The molecule has 0 fully saturated rings. The van der Waals surface area contributed by atoms with Crippen molar-refractivity contribution in [3.63, 3.8) is 0 Å². The third kappa shape index (κ3) is 4.25. The van der Waals surface area contributed by atoms with Gasteiger partial charge >= 0.3 is 0 Å². The Balaban J connectivity index is 2.23. The third-order valence-corrected chi connectivity index (χ3v) is 5.77. The molecule has 2 aromatic rings. The van der Waals surface area contributed by atoms with Crippen molar-refractivity contribution < 1.29 is 14.4 Å². The fourth-order valence-electron chi connectivity index (χ4n) is 4.40. The van der Waals surface area contributed by atoms with E-state index in [0.29, 0.717) is 39.8 Å². The fraction of sp³-hybridized carbons (Fsp3) is 0.370. The number of allylic oxidation sites excluding steroid dienone is 2. The zero-order valence-corrected chi connectivity index (χ0v) is 19.1. The summed E-state index contributed by atoms with van der Waals surface area (Å²) in [6.07, 6.45) is 2.24. The van der Waals surface area contributed by atoms with E-state index in [2.05, 4.69) is 6.92 Å². The van der Waals surface area contributed by atoms with Gasteiger partial charge < -0.3 is 4.90 Å². The van der Waals surface area contributed by atoms with E-state index in [0.717, 1.165) is 12.8 Å². The second kappa shape index (κ2) is 9.42. The van der Waals surface area contributed by atoms with E-state index in [9.17, 15) is 14.4 Å². The maximum atomic E-state index is 13.6. The number of carbonyl (C=O) groups is 3. The first-order valence-electron chi connectivity index (χ1n) is 11.1. The Morgan fingerprint density at radius 2 is 1.32 bits per heavy atom. The van der Waals surface area contributed by atoms with Crippen molar-refractivity contribution in [3.05, 3.63) is 76.4 Å². The standard InChI is InChI=1S/C27H31NO3/c1-6-7-12-23-24(26(30)21-15-10-9-14-20(21)25(23)29)19-13-8-11-16-22(19)27(31)28(17(2)3)18(4)5/h8-11,13-18H,6-7,12H2,1-5H3. The normalized spacial score (nSPS) is 13.8. The highest BCUT2D eigenvalue weighted by molar-refractivity contribution is 6.41. The van der Waals surface area contributed by atoms with Gasteiger partial charge in [-0.15, -0.1) is 0 Å². The van der Waals surface area contributed by atoms with E-state index in [1.165, 1.54) is 0 Å². The van der Waals surface area contributed by atoms with Crippen LogP contribution in [0.5, 0.6) is 0 Å². The lowest BCUT2D eigenvalue weighted by molar-refractivity contribution is 0.0643. The molecule has 0 atom stereocenters. The largest absolute Gasteiger partial charge is 0.334 e. The molecule has 0 unspecified atom stereocenters. The Labute approximate surface area is 185 Å². The second-order valence-electron chi connectivity index (χ2n) is 8.61. The molecule has 1 aliphatic carbocycles. The van der Waals surface area contributed by atoms with Gasteiger partial charge in [-0.2, -0.15) is 0 Å². The number of hydrogen-bond acceptors (Lipinski definition) is 3. The maximum Gasteiger partial charge on any atom is 0.254 e. The number of amides is 1. The number of benzene rings is 2. The van der Waals surface area contributed by atoms with E-state index in [-0.39, 0.29) is 29.6 Å². The van der Waals surface area contributed by atoms with Gasteiger partial charge in [-0.1, -0.05) is 55.8 Å². The van der Waals surface area contributed by atoms with E-state index < -0.39 is 0 Å². The number of Topliss-reactive ketones (excluding diaryl/α,β-unsaturated/α-hetero) is 2. The maximum absolute atomic E-state index is 13.6. The Hall–Kier alpha value is -3.01. The van der Waals surface area contributed by atoms with Crippen LogP contribution in [0.15, 0.2) is 54.1 Å². The van der Waals surface area contributed by atoms with Gasteiger partial charge in [0, 0.05) is 39.9 Å². The molecule has 0 aromatic heterocycles. The molecular weight excluding hydrogens is 386 g/mol. The molecule has 0 radical (unpaired) electrons. The van der Waals surface area contributed by atoms with Crippen LogP contribution in [0.1, 0.15) is 90.5 Å². The summed E-state index contributed by atoms with van der Waals surface area (Å²) in [6.45, 7) is 10.00. The monoisotopic (exact) mass is 417 g/mol. The number of ketones is 2. The van der Waals surface area contributed by atoms with E-state index in [1.807, 2.05) is 44.7 Å². The van der Waals surface area contributed by atoms with Crippen molar-refractivity contribution in [1.29, 1.82) is 0 Å². The average molecular weight is 418 g/mol. The summed E-state index contributed by atoms with van der Waals surface area (Å²) in [7, 11) is 0. The first kappa shape index (κ1) is 22.7. The highest BCUT2D eigenvalue weighted by Crippen LogP contribution is 2.36. The van der Waals surface area contributed by atoms with Crippen LogP contribution in [-0.2, 0) is 0 Å². The van der Waals surface area contributed by atoms with Crippen LogP contribution in [-0.4, -0.2) is 34.5 Å². The van der Waals surface area contributed by atoms with Crippen molar-refractivity contribution in [3.8, 4) is 0 Å². The number of carbonyl (C=O) groups excluding carboxylic acids is 3. The molecule has 0 spiro atoms. The first-order chi connectivity index (χ1) is 14.8. The predicted molar refractivity (Wildman–Crippen MR) is 124 cm³/mol. The number of hydrogen-bond donors (Lipinski definition) is 0. The molecule has 4 nitrogen and oxygen atoms in total. The van der Waals surface area contributed by atoms with Crippen molar-refractivity contribution in [2.24, 2.45) is 0 Å². The quantitative estimate of drug-likeness (QED) is 0.558. The predicted octanol–water partition coefficient (Wildman–Crippen LogP) is 5.97. The highest BCUT2D eigenvalue weighted by atomic mass is 16.2. The van der Waals surface area contributed by atoms with E-state index in [1.54, 1.807) is 36.4 Å². The number of fused-ring (bicyclic) bond motifs is 1. The molecule has 4 heteroatoms. The van der Waals surface area contributed by atoms with Crippen LogP contribution in [0, 0.1) is 0 Å². The molecule has 2 aromatic carbocycles. The smallest absolute Gasteiger partial charge is 0.254 e. The summed E-state index contributed by atoms with van der Waals surface area (Å²) in [6, 6.07) is 14.2. The summed E-state index contributed by atoms with van der Waals surface area (Å²) in [5, 5.41) is 0. The minimum atomic E-state index is -0.179. The van der Waals surface area contributed by atoms with E-state index in [4.69, 9.17) is 0 Å². The number of rotatable bonds is 7. The highest BCUT2D eigenvalue weighted by Gasteiger charge is 2.34. The molecule has 1 aliphatic rings.